The molecule has 2 aromatic rings. The zero-order valence-electron chi connectivity index (χ0n) is 9.59. The van der Waals surface area contributed by atoms with Gasteiger partial charge in [0.25, 0.3) is 5.91 Å². The van der Waals surface area contributed by atoms with Gasteiger partial charge >= 0.3 is 0 Å². The maximum atomic E-state index is 12.0. The van der Waals surface area contributed by atoms with E-state index in [4.69, 9.17) is 5.73 Å². The van der Waals surface area contributed by atoms with Crippen molar-refractivity contribution in [2.45, 2.75) is 13.5 Å². The van der Waals surface area contributed by atoms with E-state index in [0.29, 0.717) is 28.3 Å². The van der Waals surface area contributed by atoms with Crippen molar-refractivity contribution in [1.82, 2.24) is 19.7 Å². The quantitative estimate of drug-likeness (QED) is 0.890. The first-order chi connectivity index (χ1) is 8.61. The molecule has 8 heteroatoms. The molecular weight excluding hydrogens is 300 g/mol. The van der Waals surface area contributed by atoms with Crippen LogP contribution in [0.3, 0.4) is 0 Å². The number of hydrogen-bond donors (Lipinski definition) is 2. The highest BCUT2D eigenvalue weighted by Gasteiger charge is 2.16. The summed E-state index contributed by atoms with van der Waals surface area (Å²) in [7, 11) is 0. The van der Waals surface area contributed by atoms with Crippen molar-refractivity contribution in [3.8, 4) is 0 Å². The number of rotatable bonds is 3. The summed E-state index contributed by atoms with van der Waals surface area (Å²) in [5.74, 6) is -0.00470. The van der Waals surface area contributed by atoms with Gasteiger partial charge in [0.15, 0.2) is 5.82 Å². The van der Waals surface area contributed by atoms with Crippen LogP contribution in [0, 0.1) is 0 Å². The fraction of sp³-hybridized carbons (Fsp3) is 0.200. The summed E-state index contributed by atoms with van der Waals surface area (Å²) in [4.78, 5) is 20.0. The fourth-order valence-corrected chi connectivity index (χ4v) is 1.64. The number of carbonyl (C=O) groups excluding carboxylic acids is 1. The molecule has 0 aromatic carbocycles. The molecule has 0 atom stereocenters. The van der Waals surface area contributed by atoms with Gasteiger partial charge in [-0.15, -0.1) is 0 Å². The lowest BCUT2D eigenvalue weighted by Gasteiger charge is -2.06. The molecule has 0 unspecified atom stereocenters. The van der Waals surface area contributed by atoms with Gasteiger partial charge in [-0.2, -0.15) is 5.10 Å². The predicted octanol–water partition coefficient (Wildman–Crippen LogP) is 1.29. The molecule has 0 aliphatic rings. The van der Waals surface area contributed by atoms with Gasteiger partial charge in [-0.05, 0) is 22.9 Å². The fourth-order valence-electron chi connectivity index (χ4n) is 1.44. The molecule has 0 aliphatic heterocycles. The van der Waals surface area contributed by atoms with Gasteiger partial charge < -0.3 is 11.1 Å². The highest BCUT2D eigenvalue weighted by atomic mass is 79.9. The molecule has 1 amide bonds. The summed E-state index contributed by atoms with van der Waals surface area (Å²) in [6.07, 6.45) is 4.40. The standard InChI is InChI=1S/C10H11BrN6O/c1-2-17-9(6(12)3-15-17)10(18)16-8-5-13-7(11)4-14-8/h3-5H,2,12H2,1H3,(H,14,16,18). The highest BCUT2D eigenvalue weighted by molar-refractivity contribution is 9.10. The molecule has 2 aromatic heterocycles. The number of nitrogen functional groups attached to an aromatic ring is 1. The molecule has 2 heterocycles. The maximum Gasteiger partial charge on any atom is 0.277 e. The second-order valence-corrected chi connectivity index (χ2v) is 4.26. The third-order valence-electron chi connectivity index (χ3n) is 2.24. The largest absolute Gasteiger partial charge is 0.396 e. The first kappa shape index (κ1) is 12.5. The third kappa shape index (κ3) is 2.48. The summed E-state index contributed by atoms with van der Waals surface area (Å²) in [6, 6.07) is 0. The number of hydrogen-bond acceptors (Lipinski definition) is 5. The number of aryl methyl sites for hydroxylation is 1. The van der Waals surface area contributed by atoms with Gasteiger partial charge in [0.2, 0.25) is 0 Å². The maximum absolute atomic E-state index is 12.0. The van der Waals surface area contributed by atoms with E-state index in [0.717, 1.165) is 0 Å². The van der Waals surface area contributed by atoms with E-state index in [9.17, 15) is 4.79 Å². The lowest BCUT2D eigenvalue weighted by atomic mass is 10.3. The number of aromatic nitrogens is 4. The van der Waals surface area contributed by atoms with Crippen LogP contribution >= 0.6 is 15.9 Å². The molecule has 0 bridgehead atoms. The Hall–Kier alpha value is -1.96. The number of nitrogens with zero attached hydrogens (tertiary/aromatic N) is 4. The summed E-state index contributed by atoms with van der Waals surface area (Å²) in [5.41, 5.74) is 6.36. The first-order valence-electron chi connectivity index (χ1n) is 5.22. The number of amides is 1. The van der Waals surface area contributed by atoms with E-state index in [1.54, 1.807) is 0 Å². The first-order valence-corrected chi connectivity index (χ1v) is 6.01. The van der Waals surface area contributed by atoms with Crippen LogP contribution < -0.4 is 11.1 Å². The average Bonchev–Trinajstić information content (AvgIpc) is 2.73. The minimum atomic E-state index is -0.358. The summed E-state index contributed by atoms with van der Waals surface area (Å²) in [6.45, 7) is 2.44. The topological polar surface area (TPSA) is 98.7 Å². The van der Waals surface area contributed by atoms with E-state index >= 15 is 0 Å². The summed E-state index contributed by atoms with van der Waals surface area (Å²) in [5, 5.41) is 6.61. The molecule has 0 radical (unpaired) electrons. The Morgan fingerprint density at radius 3 is 2.83 bits per heavy atom. The average molecular weight is 311 g/mol. The summed E-state index contributed by atoms with van der Waals surface area (Å²) < 4.78 is 2.12. The number of nitrogens with two attached hydrogens (primary N) is 1. The number of halogens is 1. The van der Waals surface area contributed by atoms with Gasteiger partial charge in [-0.1, -0.05) is 0 Å². The normalized spacial score (nSPS) is 10.3. The number of nitrogens with one attached hydrogen (secondary N) is 1. The second-order valence-electron chi connectivity index (χ2n) is 3.44. The van der Waals surface area contributed by atoms with Crippen LogP contribution in [0.15, 0.2) is 23.2 Å². The minimum absolute atomic E-state index is 0.321. The zero-order valence-corrected chi connectivity index (χ0v) is 11.2. The van der Waals surface area contributed by atoms with Gasteiger partial charge in [-0.25, -0.2) is 9.97 Å². The molecule has 7 nitrogen and oxygen atoms in total. The minimum Gasteiger partial charge on any atom is -0.396 e. The van der Waals surface area contributed by atoms with Gasteiger partial charge in [-0.3, -0.25) is 9.48 Å². The zero-order chi connectivity index (χ0) is 13.1. The molecule has 0 spiro atoms. The van der Waals surface area contributed by atoms with E-state index in [-0.39, 0.29) is 5.91 Å². The Morgan fingerprint density at radius 2 is 2.22 bits per heavy atom. The van der Waals surface area contributed by atoms with Gasteiger partial charge in [0.05, 0.1) is 24.3 Å². The van der Waals surface area contributed by atoms with Crippen molar-refractivity contribution in [1.29, 1.82) is 0 Å². The van der Waals surface area contributed by atoms with Gasteiger partial charge in [0, 0.05) is 6.54 Å². The van der Waals surface area contributed by atoms with Crippen molar-refractivity contribution >= 4 is 33.3 Å². The van der Waals surface area contributed by atoms with Crippen LogP contribution in [0.4, 0.5) is 11.5 Å². The van der Waals surface area contributed by atoms with E-state index < -0.39 is 0 Å². The lowest BCUT2D eigenvalue weighted by molar-refractivity contribution is 0.101. The predicted molar refractivity (Wildman–Crippen MR) is 70.0 cm³/mol. The number of anilines is 2. The van der Waals surface area contributed by atoms with Crippen molar-refractivity contribution in [3.05, 3.63) is 28.9 Å². The molecule has 0 aliphatic carbocycles. The van der Waals surface area contributed by atoms with Crippen molar-refractivity contribution in [3.63, 3.8) is 0 Å². The second kappa shape index (κ2) is 5.13. The molecular formula is C10H11BrN6O. The smallest absolute Gasteiger partial charge is 0.277 e. The van der Waals surface area contributed by atoms with Crippen LogP contribution in [0.2, 0.25) is 0 Å². The van der Waals surface area contributed by atoms with Crippen molar-refractivity contribution < 1.29 is 4.79 Å². The Balaban J connectivity index is 2.21. The van der Waals surface area contributed by atoms with E-state index in [2.05, 4.69) is 36.3 Å². The van der Waals surface area contributed by atoms with Crippen LogP contribution in [0.1, 0.15) is 17.4 Å². The molecule has 0 saturated carbocycles. The van der Waals surface area contributed by atoms with E-state index in [1.165, 1.54) is 23.3 Å². The Morgan fingerprint density at radius 1 is 1.44 bits per heavy atom. The monoisotopic (exact) mass is 310 g/mol. The lowest BCUT2D eigenvalue weighted by Crippen LogP contribution is -2.19. The van der Waals surface area contributed by atoms with E-state index in [1.807, 2.05) is 6.92 Å². The molecule has 0 saturated heterocycles. The van der Waals surface area contributed by atoms with Crippen LogP contribution in [0.5, 0.6) is 0 Å². The summed E-state index contributed by atoms with van der Waals surface area (Å²) >= 11 is 3.16. The molecule has 94 valence electrons. The van der Waals surface area contributed by atoms with Crippen LogP contribution in [-0.4, -0.2) is 25.7 Å². The highest BCUT2D eigenvalue weighted by Crippen LogP contribution is 2.13. The van der Waals surface area contributed by atoms with Crippen molar-refractivity contribution in [2.24, 2.45) is 0 Å². The SMILES string of the molecule is CCn1ncc(N)c1C(=O)Nc1cnc(Br)cn1. The third-order valence-corrected chi connectivity index (χ3v) is 2.65. The molecule has 18 heavy (non-hydrogen) atoms. The Labute approximate surface area is 112 Å². The van der Waals surface area contributed by atoms with Crippen LogP contribution in [0.25, 0.3) is 0 Å². The molecule has 2 rings (SSSR count). The van der Waals surface area contributed by atoms with Gasteiger partial charge in [0.1, 0.15) is 10.3 Å². The van der Waals surface area contributed by atoms with Crippen molar-refractivity contribution in [2.75, 3.05) is 11.1 Å². The Bertz CT molecular complexity index is 564. The molecule has 0 fully saturated rings. The number of carbonyl (C=O) groups is 1. The Kier molecular flexibility index (Phi) is 3.56. The molecule has 3 N–H and O–H groups in total. The van der Waals surface area contributed by atoms with Crippen LogP contribution in [-0.2, 0) is 6.54 Å².